The van der Waals surface area contributed by atoms with Crippen molar-refractivity contribution >= 4 is 28.8 Å². The first-order chi connectivity index (χ1) is 15.9. The van der Waals surface area contributed by atoms with Crippen LogP contribution < -0.4 is 10.6 Å². The van der Waals surface area contributed by atoms with E-state index in [4.69, 9.17) is 0 Å². The molecule has 1 fully saturated rings. The SMILES string of the molecule is Cc1ncc(CC(=O)N[C@H](C(=O)Nc2ccc(-c3c(C)n[nH]c3C)cc2)C2CCCCC2)s1. The number of nitrogens with zero attached hydrogens (tertiary/aromatic N) is 2. The summed E-state index contributed by atoms with van der Waals surface area (Å²) >= 11 is 1.51. The van der Waals surface area contributed by atoms with Crippen molar-refractivity contribution in [1.82, 2.24) is 20.5 Å². The molecular formula is C25H31N5O2S. The Balaban J connectivity index is 1.45. The molecule has 7 nitrogen and oxygen atoms in total. The zero-order chi connectivity index (χ0) is 23.4. The Kier molecular flexibility index (Phi) is 7.23. The third kappa shape index (κ3) is 5.68. The predicted octanol–water partition coefficient (Wildman–Crippen LogP) is 4.70. The number of aryl methyl sites for hydroxylation is 3. The molecule has 0 unspecified atom stereocenters. The molecule has 1 saturated carbocycles. The van der Waals surface area contributed by atoms with Gasteiger partial charge in [0.1, 0.15) is 6.04 Å². The normalized spacial score (nSPS) is 15.2. The summed E-state index contributed by atoms with van der Waals surface area (Å²) in [6.45, 7) is 5.89. The van der Waals surface area contributed by atoms with Crippen LogP contribution in [0.15, 0.2) is 30.5 Å². The summed E-state index contributed by atoms with van der Waals surface area (Å²) < 4.78 is 0. The van der Waals surface area contributed by atoms with E-state index in [9.17, 15) is 9.59 Å². The average molecular weight is 466 g/mol. The fourth-order valence-corrected chi connectivity index (χ4v) is 5.44. The number of rotatable bonds is 7. The number of aromatic nitrogens is 3. The van der Waals surface area contributed by atoms with Crippen LogP contribution in [0.25, 0.3) is 11.1 Å². The summed E-state index contributed by atoms with van der Waals surface area (Å²) in [4.78, 5) is 31.2. The highest BCUT2D eigenvalue weighted by atomic mass is 32.1. The standard InChI is InChI=1S/C25H31N5O2S/c1-15-23(16(2)30-29-15)18-9-11-20(12-10-18)27-25(32)24(19-7-5-4-6-8-19)28-22(31)13-21-14-26-17(3)33-21/h9-12,14,19,24H,4-8,13H2,1-3H3,(H,27,32)(H,28,31)(H,29,30)/t24-/m0/s1. The summed E-state index contributed by atoms with van der Waals surface area (Å²) in [7, 11) is 0. The number of nitrogens with one attached hydrogen (secondary N) is 3. The van der Waals surface area contributed by atoms with E-state index in [0.717, 1.165) is 63.8 Å². The first-order valence-electron chi connectivity index (χ1n) is 11.5. The van der Waals surface area contributed by atoms with Crippen LogP contribution in [0, 0.1) is 26.7 Å². The summed E-state index contributed by atoms with van der Waals surface area (Å²) in [5.74, 6) is -0.133. The van der Waals surface area contributed by atoms with Gasteiger partial charge in [-0.3, -0.25) is 14.7 Å². The van der Waals surface area contributed by atoms with E-state index >= 15 is 0 Å². The zero-order valence-electron chi connectivity index (χ0n) is 19.4. The molecule has 0 aliphatic heterocycles. The minimum absolute atomic E-state index is 0.134. The highest BCUT2D eigenvalue weighted by Crippen LogP contribution is 2.29. The molecule has 1 atom stereocenters. The Morgan fingerprint density at radius 1 is 1.12 bits per heavy atom. The Bertz CT molecular complexity index is 1090. The molecule has 3 N–H and O–H groups in total. The highest BCUT2D eigenvalue weighted by Gasteiger charge is 2.31. The number of carbonyl (C=O) groups is 2. The van der Waals surface area contributed by atoms with Gasteiger partial charge in [-0.1, -0.05) is 31.4 Å². The van der Waals surface area contributed by atoms with Crippen molar-refractivity contribution in [2.24, 2.45) is 5.92 Å². The highest BCUT2D eigenvalue weighted by molar-refractivity contribution is 7.11. The lowest BCUT2D eigenvalue weighted by molar-refractivity contribution is -0.127. The largest absolute Gasteiger partial charge is 0.344 e. The molecule has 33 heavy (non-hydrogen) atoms. The molecule has 8 heteroatoms. The van der Waals surface area contributed by atoms with Crippen molar-refractivity contribution in [3.8, 4) is 11.1 Å². The van der Waals surface area contributed by atoms with Crippen LogP contribution in [-0.4, -0.2) is 33.0 Å². The number of H-pyrrole nitrogens is 1. The van der Waals surface area contributed by atoms with Crippen molar-refractivity contribution in [3.63, 3.8) is 0 Å². The Morgan fingerprint density at radius 3 is 2.45 bits per heavy atom. The van der Waals surface area contributed by atoms with E-state index < -0.39 is 6.04 Å². The second-order valence-electron chi connectivity index (χ2n) is 8.84. The number of hydrogen-bond donors (Lipinski definition) is 3. The van der Waals surface area contributed by atoms with E-state index in [1.165, 1.54) is 17.8 Å². The maximum atomic E-state index is 13.3. The van der Waals surface area contributed by atoms with Gasteiger partial charge >= 0.3 is 0 Å². The number of anilines is 1. The summed E-state index contributed by atoms with van der Waals surface area (Å²) in [5, 5.41) is 14.3. The second kappa shape index (κ2) is 10.3. The van der Waals surface area contributed by atoms with Crippen LogP contribution in [0.2, 0.25) is 0 Å². The van der Waals surface area contributed by atoms with Crippen molar-refractivity contribution in [2.45, 2.75) is 65.3 Å². The number of hydrogen-bond acceptors (Lipinski definition) is 5. The maximum Gasteiger partial charge on any atom is 0.247 e. The molecule has 2 aromatic heterocycles. The molecule has 0 bridgehead atoms. The molecule has 174 valence electrons. The fraction of sp³-hybridized carbons (Fsp3) is 0.440. The lowest BCUT2D eigenvalue weighted by atomic mass is 9.83. The molecule has 0 spiro atoms. The van der Waals surface area contributed by atoms with Gasteiger partial charge in [0, 0.05) is 28.0 Å². The molecule has 1 aliphatic carbocycles. The van der Waals surface area contributed by atoms with E-state index in [-0.39, 0.29) is 24.2 Å². The van der Waals surface area contributed by atoms with E-state index in [1.807, 2.05) is 45.0 Å². The minimum atomic E-state index is -0.537. The van der Waals surface area contributed by atoms with Gasteiger partial charge in [-0.25, -0.2) is 4.98 Å². The number of carbonyl (C=O) groups excluding carboxylic acids is 2. The Hall–Kier alpha value is -3.00. The first kappa shape index (κ1) is 23.2. The number of benzene rings is 1. The van der Waals surface area contributed by atoms with Crippen LogP contribution >= 0.6 is 11.3 Å². The third-order valence-electron chi connectivity index (χ3n) is 6.29. The topological polar surface area (TPSA) is 99.8 Å². The molecule has 2 heterocycles. The molecule has 4 rings (SSSR count). The van der Waals surface area contributed by atoms with Crippen molar-refractivity contribution < 1.29 is 9.59 Å². The van der Waals surface area contributed by atoms with E-state index in [0.29, 0.717) is 0 Å². The van der Waals surface area contributed by atoms with Gasteiger partial charge < -0.3 is 10.6 Å². The maximum absolute atomic E-state index is 13.3. The number of thiazole rings is 1. The van der Waals surface area contributed by atoms with Gasteiger partial charge in [0.2, 0.25) is 11.8 Å². The second-order valence-corrected chi connectivity index (χ2v) is 10.2. The van der Waals surface area contributed by atoms with Crippen molar-refractivity contribution in [3.05, 3.63) is 51.7 Å². The summed E-state index contributed by atoms with van der Waals surface area (Å²) in [6.07, 6.45) is 7.27. The van der Waals surface area contributed by atoms with Gasteiger partial charge in [-0.05, 0) is 57.2 Å². The summed E-state index contributed by atoms with van der Waals surface area (Å²) in [6, 6.07) is 7.24. The molecule has 1 aliphatic rings. The number of aromatic amines is 1. The lowest BCUT2D eigenvalue weighted by Gasteiger charge is -2.30. The Labute approximate surface area is 198 Å². The average Bonchev–Trinajstić information content (AvgIpc) is 3.37. The molecule has 2 amide bonds. The summed E-state index contributed by atoms with van der Waals surface area (Å²) in [5.41, 5.74) is 4.81. The van der Waals surface area contributed by atoms with Crippen LogP contribution in [0.3, 0.4) is 0 Å². The van der Waals surface area contributed by atoms with Gasteiger partial charge in [0.15, 0.2) is 0 Å². The predicted molar refractivity (Wildman–Crippen MR) is 131 cm³/mol. The third-order valence-corrected chi connectivity index (χ3v) is 7.21. The quantitative estimate of drug-likeness (QED) is 0.471. The van der Waals surface area contributed by atoms with Crippen LogP contribution in [0.1, 0.15) is 53.4 Å². The molecule has 1 aromatic carbocycles. The van der Waals surface area contributed by atoms with Crippen LogP contribution in [-0.2, 0) is 16.0 Å². The molecule has 3 aromatic rings. The molecular weight excluding hydrogens is 434 g/mol. The van der Waals surface area contributed by atoms with Crippen LogP contribution in [0.4, 0.5) is 5.69 Å². The van der Waals surface area contributed by atoms with Crippen molar-refractivity contribution in [1.29, 1.82) is 0 Å². The van der Waals surface area contributed by atoms with E-state index in [2.05, 4.69) is 25.8 Å². The van der Waals surface area contributed by atoms with Crippen molar-refractivity contribution in [2.75, 3.05) is 5.32 Å². The molecule has 0 radical (unpaired) electrons. The lowest BCUT2D eigenvalue weighted by Crippen LogP contribution is -2.49. The zero-order valence-corrected chi connectivity index (χ0v) is 20.2. The van der Waals surface area contributed by atoms with Gasteiger partial charge in [0.25, 0.3) is 0 Å². The minimum Gasteiger partial charge on any atom is -0.344 e. The fourth-order valence-electron chi connectivity index (χ4n) is 4.65. The Morgan fingerprint density at radius 2 is 1.85 bits per heavy atom. The number of amides is 2. The van der Waals surface area contributed by atoms with Gasteiger partial charge in [-0.15, -0.1) is 11.3 Å². The van der Waals surface area contributed by atoms with E-state index in [1.54, 1.807) is 6.20 Å². The van der Waals surface area contributed by atoms with Gasteiger partial charge in [0.05, 0.1) is 17.1 Å². The van der Waals surface area contributed by atoms with Crippen LogP contribution in [0.5, 0.6) is 0 Å². The molecule has 0 saturated heterocycles. The smallest absolute Gasteiger partial charge is 0.247 e. The monoisotopic (exact) mass is 465 g/mol. The first-order valence-corrected chi connectivity index (χ1v) is 12.4. The van der Waals surface area contributed by atoms with Gasteiger partial charge in [-0.2, -0.15) is 5.10 Å².